The van der Waals surface area contributed by atoms with Gasteiger partial charge in [0.15, 0.2) is 5.12 Å². The molecule has 1 aromatic rings. The lowest BCUT2D eigenvalue weighted by Gasteiger charge is -2.16. The van der Waals surface area contributed by atoms with Crippen molar-refractivity contribution in [3.63, 3.8) is 0 Å². The van der Waals surface area contributed by atoms with Gasteiger partial charge in [-0.2, -0.15) is 0 Å². The first-order valence-corrected chi connectivity index (χ1v) is 7.03. The van der Waals surface area contributed by atoms with Crippen molar-refractivity contribution in [1.82, 2.24) is 4.90 Å². The number of hydrogen-bond acceptors (Lipinski definition) is 3. The first-order valence-electron chi connectivity index (χ1n) is 6.15. The SMILES string of the molecule is CC(=O)SC1CC(=O)N(Cc2ccc(F)c(C)c2)C1. The molecule has 0 bridgehead atoms. The Hall–Kier alpha value is -1.36. The molecule has 1 heterocycles. The van der Waals surface area contributed by atoms with E-state index in [9.17, 15) is 14.0 Å². The van der Waals surface area contributed by atoms with Gasteiger partial charge < -0.3 is 4.90 Å². The van der Waals surface area contributed by atoms with Gasteiger partial charge >= 0.3 is 0 Å². The average Bonchev–Trinajstić information content (AvgIpc) is 2.63. The van der Waals surface area contributed by atoms with Gasteiger partial charge in [-0.3, -0.25) is 9.59 Å². The summed E-state index contributed by atoms with van der Waals surface area (Å²) in [4.78, 5) is 24.6. The molecule has 1 aliphatic rings. The van der Waals surface area contributed by atoms with Gasteiger partial charge in [-0.1, -0.05) is 23.9 Å². The molecule has 5 heteroatoms. The van der Waals surface area contributed by atoms with E-state index >= 15 is 0 Å². The monoisotopic (exact) mass is 281 g/mol. The molecule has 19 heavy (non-hydrogen) atoms. The molecular formula is C14H16FNO2S. The van der Waals surface area contributed by atoms with Crippen LogP contribution in [-0.4, -0.2) is 27.7 Å². The zero-order valence-electron chi connectivity index (χ0n) is 11.0. The topological polar surface area (TPSA) is 37.4 Å². The van der Waals surface area contributed by atoms with Crippen molar-refractivity contribution < 1.29 is 14.0 Å². The molecule has 0 N–H and O–H groups in total. The molecule has 3 nitrogen and oxygen atoms in total. The Kier molecular flexibility index (Phi) is 4.24. The fourth-order valence-corrected chi connectivity index (χ4v) is 3.18. The first-order chi connectivity index (χ1) is 8.95. The Morgan fingerprint density at radius 2 is 2.26 bits per heavy atom. The van der Waals surface area contributed by atoms with Gasteiger partial charge in [0.2, 0.25) is 5.91 Å². The second-order valence-corrected chi connectivity index (χ2v) is 6.27. The van der Waals surface area contributed by atoms with E-state index in [2.05, 4.69) is 0 Å². The van der Waals surface area contributed by atoms with Gasteiger partial charge in [-0.05, 0) is 24.1 Å². The largest absolute Gasteiger partial charge is 0.337 e. The zero-order valence-corrected chi connectivity index (χ0v) is 11.8. The lowest BCUT2D eigenvalue weighted by molar-refractivity contribution is -0.128. The van der Waals surface area contributed by atoms with E-state index in [1.165, 1.54) is 24.8 Å². The van der Waals surface area contributed by atoms with Crippen molar-refractivity contribution in [3.8, 4) is 0 Å². The maximum absolute atomic E-state index is 13.2. The first kappa shape index (κ1) is 14.1. The molecule has 1 unspecified atom stereocenters. The number of nitrogens with zero attached hydrogens (tertiary/aromatic N) is 1. The summed E-state index contributed by atoms with van der Waals surface area (Å²) >= 11 is 1.22. The molecule has 2 rings (SSSR count). The van der Waals surface area contributed by atoms with Gasteiger partial charge in [0, 0.05) is 31.7 Å². The number of carbonyl (C=O) groups excluding carboxylic acids is 2. The zero-order chi connectivity index (χ0) is 14.0. The van der Waals surface area contributed by atoms with Crippen LogP contribution < -0.4 is 0 Å². The Labute approximate surface area is 116 Å². The van der Waals surface area contributed by atoms with Crippen LogP contribution >= 0.6 is 11.8 Å². The Morgan fingerprint density at radius 1 is 1.53 bits per heavy atom. The molecule has 0 aliphatic carbocycles. The minimum absolute atomic E-state index is 0.0391. The van der Waals surface area contributed by atoms with Crippen LogP contribution in [-0.2, 0) is 16.1 Å². The summed E-state index contributed by atoms with van der Waals surface area (Å²) in [6.07, 6.45) is 0.407. The number of amides is 1. The number of thioether (sulfide) groups is 1. The molecule has 1 aliphatic heterocycles. The van der Waals surface area contributed by atoms with E-state index in [-0.39, 0.29) is 22.1 Å². The summed E-state index contributed by atoms with van der Waals surface area (Å²) < 4.78 is 13.2. The number of aryl methyl sites for hydroxylation is 1. The molecule has 0 spiro atoms. The third kappa shape index (κ3) is 3.56. The number of benzene rings is 1. The molecule has 1 atom stereocenters. The summed E-state index contributed by atoms with van der Waals surface area (Å²) in [6.45, 7) is 4.29. The van der Waals surface area contributed by atoms with E-state index in [0.29, 0.717) is 25.1 Å². The maximum Gasteiger partial charge on any atom is 0.224 e. The van der Waals surface area contributed by atoms with E-state index in [4.69, 9.17) is 0 Å². The summed E-state index contributed by atoms with van der Waals surface area (Å²) in [7, 11) is 0. The normalized spacial score (nSPS) is 19.0. The van der Waals surface area contributed by atoms with Gasteiger partial charge in [0.05, 0.1) is 0 Å². The highest BCUT2D eigenvalue weighted by Gasteiger charge is 2.30. The standard InChI is InChI=1S/C14H16FNO2S/c1-9-5-11(3-4-13(9)15)7-16-8-12(6-14(16)18)19-10(2)17/h3-5,12H,6-8H2,1-2H3. The van der Waals surface area contributed by atoms with E-state index < -0.39 is 0 Å². The highest BCUT2D eigenvalue weighted by atomic mass is 32.2. The summed E-state index contributed by atoms with van der Waals surface area (Å²) in [5, 5.41) is 0.0869. The molecule has 102 valence electrons. The van der Waals surface area contributed by atoms with Gasteiger partial charge in [-0.25, -0.2) is 4.39 Å². The summed E-state index contributed by atoms with van der Waals surface area (Å²) in [5.41, 5.74) is 1.50. The fraction of sp³-hybridized carbons (Fsp3) is 0.429. The van der Waals surface area contributed by atoms with E-state index in [1.807, 2.05) is 0 Å². The molecule has 1 aromatic carbocycles. The van der Waals surface area contributed by atoms with Gasteiger partial charge in [0.1, 0.15) is 5.82 Å². The minimum Gasteiger partial charge on any atom is -0.337 e. The lowest BCUT2D eigenvalue weighted by Crippen LogP contribution is -2.25. The molecule has 0 aromatic heterocycles. The van der Waals surface area contributed by atoms with Crippen LogP contribution in [0.2, 0.25) is 0 Å². The second-order valence-electron chi connectivity index (χ2n) is 4.79. The lowest BCUT2D eigenvalue weighted by atomic mass is 10.1. The smallest absolute Gasteiger partial charge is 0.224 e. The summed E-state index contributed by atoms with van der Waals surface area (Å²) in [5.74, 6) is -0.178. The van der Waals surface area contributed by atoms with Gasteiger partial charge in [-0.15, -0.1) is 0 Å². The van der Waals surface area contributed by atoms with Crippen molar-refractivity contribution in [1.29, 1.82) is 0 Å². The van der Waals surface area contributed by atoms with Crippen molar-refractivity contribution in [2.75, 3.05) is 6.54 Å². The molecule has 1 saturated heterocycles. The molecule has 1 amide bonds. The van der Waals surface area contributed by atoms with Gasteiger partial charge in [0.25, 0.3) is 0 Å². The second kappa shape index (κ2) is 5.74. The third-order valence-electron chi connectivity index (χ3n) is 3.11. The highest BCUT2D eigenvalue weighted by Crippen LogP contribution is 2.25. The van der Waals surface area contributed by atoms with Crippen LogP contribution in [0.15, 0.2) is 18.2 Å². The molecule has 0 saturated carbocycles. The van der Waals surface area contributed by atoms with Crippen molar-refractivity contribution in [2.24, 2.45) is 0 Å². The molecule has 1 fully saturated rings. The quantitative estimate of drug-likeness (QED) is 0.854. The predicted molar refractivity (Wildman–Crippen MR) is 73.2 cm³/mol. The van der Waals surface area contributed by atoms with Crippen LogP contribution in [0.3, 0.4) is 0 Å². The predicted octanol–water partition coefficient (Wildman–Crippen LogP) is 2.51. The Bertz CT molecular complexity index is 518. The third-order valence-corrected chi connectivity index (χ3v) is 4.09. The number of rotatable bonds is 3. The van der Waals surface area contributed by atoms with Crippen LogP contribution in [0, 0.1) is 12.7 Å². The van der Waals surface area contributed by atoms with Crippen molar-refractivity contribution in [3.05, 3.63) is 35.1 Å². The van der Waals surface area contributed by atoms with E-state index in [0.717, 1.165) is 5.56 Å². The summed E-state index contributed by atoms with van der Waals surface area (Å²) in [6, 6.07) is 4.88. The number of likely N-dealkylation sites (tertiary alicyclic amines) is 1. The van der Waals surface area contributed by atoms with Crippen LogP contribution in [0.1, 0.15) is 24.5 Å². The van der Waals surface area contributed by atoms with Crippen molar-refractivity contribution in [2.45, 2.75) is 32.1 Å². The molecular weight excluding hydrogens is 265 g/mol. The molecule has 0 radical (unpaired) electrons. The van der Waals surface area contributed by atoms with Crippen LogP contribution in [0.25, 0.3) is 0 Å². The van der Waals surface area contributed by atoms with E-state index in [1.54, 1.807) is 24.0 Å². The number of hydrogen-bond donors (Lipinski definition) is 0. The van der Waals surface area contributed by atoms with Crippen molar-refractivity contribution >= 4 is 22.8 Å². The van der Waals surface area contributed by atoms with Crippen LogP contribution in [0.5, 0.6) is 0 Å². The number of halogens is 1. The highest BCUT2D eigenvalue weighted by molar-refractivity contribution is 8.14. The minimum atomic E-state index is -0.235. The fourth-order valence-electron chi connectivity index (χ4n) is 2.23. The average molecular weight is 281 g/mol. The maximum atomic E-state index is 13.2. The number of carbonyl (C=O) groups is 2. The van der Waals surface area contributed by atoms with Crippen LogP contribution in [0.4, 0.5) is 4.39 Å². The Morgan fingerprint density at radius 3 is 2.89 bits per heavy atom. The Balaban J connectivity index is 2.01.